The SMILES string of the molecule is CCCCSc1nsnc1C1CN2CC1CCC2C. The van der Waals surface area contributed by atoms with Gasteiger partial charge >= 0.3 is 0 Å². The first-order valence-electron chi connectivity index (χ1n) is 7.49. The van der Waals surface area contributed by atoms with Gasteiger partial charge in [-0.2, -0.15) is 8.75 Å². The minimum absolute atomic E-state index is 0.646. The van der Waals surface area contributed by atoms with E-state index in [-0.39, 0.29) is 0 Å². The second-order valence-corrected chi connectivity index (χ2v) is 7.52. The van der Waals surface area contributed by atoms with E-state index in [9.17, 15) is 0 Å². The molecule has 0 amide bonds. The van der Waals surface area contributed by atoms with Gasteiger partial charge in [0.1, 0.15) is 5.03 Å². The average Bonchev–Trinajstić information content (AvgIpc) is 2.99. The van der Waals surface area contributed by atoms with Gasteiger partial charge in [0.05, 0.1) is 17.4 Å². The predicted octanol–water partition coefficient (Wildman–Crippen LogP) is 3.63. The van der Waals surface area contributed by atoms with Crippen molar-refractivity contribution < 1.29 is 0 Å². The molecule has 4 unspecified atom stereocenters. The van der Waals surface area contributed by atoms with E-state index in [4.69, 9.17) is 0 Å². The van der Waals surface area contributed by atoms with Crippen LogP contribution in [0.15, 0.2) is 5.03 Å². The second kappa shape index (κ2) is 6.10. The highest BCUT2D eigenvalue weighted by atomic mass is 32.2. The number of rotatable bonds is 5. The minimum atomic E-state index is 0.646. The number of hydrogen-bond donors (Lipinski definition) is 0. The average molecular weight is 297 g/mol. The lowest BCUT2D eigenvalue weighted by Gasteiger charge is -2.28. The molecule has 0 N–H and O–H groups in total. The lowest BCUT2D eigenvalue weighted by atomic mass is 9.88. The van der Waals surface area contributed by atoms with Crippen LogP contribution in [0.1, 0.15) is 51.1 Å². The van der Waals surface area contributed by atoms with Crippen molar-refractivity contribution in [2.45, 2.75) is 56.5 Å². The van der Waals surface area contributed by atoms with E-state index < -0.39 is 0 Å². The molecule has 0 saturated carbocycles. The van der Waals surface area contributed by atoms with Gasteiger partial charge in [0, 0.05) is 25.0 Å². The number of fused-ring (bicyclic) bond motifs is 2. The monoisotopic (exact) mass is 297 g/mol. The Morgan fingerprint density at radius 1 is 1.32 bits per heavy atom. The molecule has 0 aliphatic carbocycles. The molecule has 3 rings (SSSR count). The third-order valence-corrected chi connectivity index (χ3v) is 6.34. The Kier molecular flexibility index (Phi) is 4.44. The van der Waals surface area contributed by atoms with Crippen LogP contribution in [0.4, 0.5) is 0 Å². The van der Waals surface area contributed by atoms with E-state index in [0.29, 0.717) is 5.92 Å². The molecule has 19 heavy (non-hydrogen) atoms. The topological polar surface area (TPSA) is 29.0 Å². The summed E-state index contributed by atoms with van der Waals surface area (Å²) in [5, 5.41) is 1.23. The van der Waals surface area contributed by atoms with Gasteiger partial charge in [0.25, 0.3) is 0 Å². The molecule has 2 saturated heterocycles. The van der Waals surface area contributed by atoms with Gasteiger partial charge in [-0.25, -0.2) is 0 Å². The van der Waals surface area contributed by atoms with Crippen LogP contribution in [-0.4, -0.2) is 38.5 Å². The van der Waals surface area contributed by atoms with Crippen LogP contribution in [-0.2, 0) is 0 Å². The Labute approximate surface area is 124 Å². The van der Waals surface area contributed by atoms with E-state index in [1.807, 2.05) is 11.8 Å². The van der Waals surface area contributed by atoms with Crippen LogP contribution >= 0.6 is 23.5 Å². The molecule has 0 spiro atoms. The molecule has 2 aliphatic rings. The first-order valence-corrected chi connectivity index (χ1v) is 9.20. The molecular weight excluding hydrogens is 274 g/mol. The molecule has 1 aromatic heterocycles. The predicted molar refractivity (Wildman–Crippen MR) is 82.0 cm³/mol. The summed E-state index contributed by atoms with van der Waals surface area (Å²) in [5.74, 6) is 2.66. The van der Waals surface area contributed by atoms with Crippen LogP contribution in [0.5, 0.6) is 0 Å². The largest absolute Gasteiger partial charge is 0.300 e. The van der Waals surface area contributed by atoms with Crippen molar-refractivity contribution in [3.05, 3.63) is 5.69 Å². The number of unbranched alkanes of at least 4 members (excludes halogenated alkanes) is 1. The van der Waals surface area contributed by atoms with Crippen LogP contribution in [0.3, 0.4) is 0 Å². The Bertz CT molecular complexity index is 421. The Morgan fingerprint density at radius 3 is 3.00 bits per heavy atom. The molecule has 0 radical (unpaired) electrons. The smallest absolute Gasteiger partial charge is 0.134 e. The van der Waals surface area contributed by atoms with Crippen molar-refractivity contribution in [1.29, 1.82) is 0 Å². The molecule has 3 nitrogen and oxygen atoms in total. The molecule has 2 bridgehead atoms. The number of thioether (sulfide) groups is 1. The fraction of sp³-hybridized carbons (Fsp3) is 0.857. The summed E-state index contributed by atoms with van der Waals surface area (Å²) < 4.78 is 9.19. The fourth-order valence-corrected chi connectivity index (χ4v) is 5.19. The molecule has 3 heterocycles. The maximum atomic E-state index is 4.65. The zero-order valence-corrected chi connectivity index (χ0v) is 13.5. The summed E-state index contributed by atoms with van der Waals surface area (Å²) >= 11 is 3.33. The highest BCUT2D eigenvalue weighted by Crippen LogP contribution is 2.43. The number of piperidine rings is 1. The normalized spacial score (nSPS) is 33.8. The first kappa shape index (κ1) is 13.8. The maximum absolute atomic E-state index is 4.65. The highest BCUT2D eigenvalue weighted by Gasteiger charge is 2.41. The van der Waals surface area contributed by atoms with Gasteiger partial charge < -0.3 is 0 Å². The van der Waals surface area contributed by atoms with Crippen LogP contribution in [0.2, 0.25) is 0 Å². The quantitative estimate of drug-likeness (QED) is 0.613. The molecule has 1 aromatic rings. The Morgan fingerprint density at radius 2 is 2.21 bits per heavy atom. The van der Waals surface area contributed by atoms with Crippen molar-refractivity contribution in [3.63, 3.8) is 0 Å². The lowest BCUT2D eigenvalue weighted by molar-refractivity contribution is 0.195. The fourth-order valence-electron chi connectivity index (χ4n) is 3.33. The van der Waals surface area contributed by atoms with Gasteiger partial charge in [0.2, 0.25) is 0 Å². The van der Waals surface area contributed by atoms with Crippen molar-refractivity contribution in [3.8, 4) is 0 Å². The zero-order valence-electron chi connectivity index (χ0n) is 11.8. The minimum Gasteiger partial charge on any atom is -0.300 e. The van der Waals surface area contributed by atoms with E-state index in [0.717, 1.165) is 12.0 Å². The molecule has 5 heteroatoms. The van der Waals surface area contributed by atoms with E-state index in [1.165, 1.54) is 67.0 Å². The van der Waals surface area contributed by atoms with Crippen LogP contribution < -0.4 is 0 Å². The molecule has 4 atom stereocenters. The standard InChI is InChI=1S/C14H23N3S2/c1-3-4-7-18-14-13(15-19-16-14)12-9-17-8-11(12)6-5-10(17)2/h10-12H,3-9H2,1-2H3. The molecule has 0 aromatic carbocycles. The van der Waals surface area contributed by atoms with Gasteiger partial charge in [-0.15, -0.1) is 11.8 Å². The van der Waals surface area contributed by atoms with Crippen LogP contribution in [0, 0.1) is 5.92 Å². The van der Waals surface area contributed by atoms with Crippen molar-refractivity contribution in [2.24, 2.45) is 5.92 Å². The third kappa shape index (κ3) is 2.83. The van der Waals surface area contributed by atoms with Crippen LogP contribution in [0.25, 0.3) is 0 Å². The molecule has 2 fully saturated rings. The van der Waals surface area contributed by atoms with Crippen molar-refractivity contribution in [2.75, 3.05) is 18.8 Å². The highest BCUT2D eigenvalue weighted by molar-refractivity contribution is 7.99. The van der Waals surface area contributed by atoms with E-state index in [1.54, 1.807) is 0 Å². The third-order valence-electron chi connectivity index (χ3n) is 4.62. The number of aromatic nitrogens is 2. The first-order chi connectivity index (χ1) is 9.29. The van der Waals surface area contributed by atoms with E-state index in [2.05, 4.69) is 27.5 Å². The van der Waals surface area contributed by atoms with E-state index >= 15 is 0 Å². The number of nitrogens with zero attached hydrogens (tertiary/aromatic N) is 3. The van der Waals surface area contributed by atoms with Gasteiger partial charge in [-0.1, -0.05) is 13.3 Å². The Hall–Kier alpha value is -0.130. The summed E-state index contributed by atoms with van der Waals surface area (Å²) in [7, 11) is 0. The second-order valence-electron chi connectivity index (χ2n) is 5.90. The summed E-state index contributed by atoms with van der Waals surface area (Å²) in [5.41, 5.74) is 1.31. The summed E-state index contributed by atoms with van der Waals surface area (Å²) in [6.07, 6.45) is 5.27. The molecule has 106 valence electrons. The zero-order chi connectivity index (χ0) is 13.2. The Balaban J connectivity index is 1.71. The van der Waals surface area contributed by atoms with Gasteiger partial charge in [-0.3, -0.25) is 4.90 Å². The lowest BCUT2D eigenvalue weighted by Crippen LogP contribution is -2.34. The molecule has 2 aliphatic heterocycles. The van der Waals surface area contributed by atoms with Gasteiger partial charge in [-0.05, 0) is 37.9 Å². The summed E-state index contributed by atoms with van der Waals surface area (Å²) in [6.45, 7) is 7.10. The van der Waals surface area contributed by atoms with Crippen molar-refractivity contribution >= 4 is 23.5 Å². The molecular formula is C14H23N3S2. The summed E-state index contributed by atoms with van der Waals surface area (Å²) in [6, 6.07) is 0.768. The maximum Gasteiger partial charge on any atom is 0.134 e. The number of hydrogen-bond acceptors (Lipinski definition) is 5. The van der Waals surface area contributed by atoms with Crippen molar-refractivity contribution in [1.82, 2.24) is 13.6 Å². The van der Waals surface area contributed by atoms with Gasteiger partial charge in [0.15, 0.2) is 0 Å². The summed E-state index contributed by atoms with van der Waals surface area (Å²) in [4.78, 5) is 2.65.